The largest absolute Gasteiger partial charge is 0.256 e. The highest BCUT2D eigenvalue weighted by Gasteiger charge is 2.23. The van der Waals surface area contributed by atoms with E-state index in [1.54, 1.807) is 0 Å². The minimum absolute atomic E-state index is 0.726. The van der Waals surface area contributed by atoms with Gasteiger partial charge >= 0.3 is 0 Å². The van der Waals surface area contributed by atoms with Gasteiger partial charge in [0.1, 0.15) is 0 Å². The van der Waals surface area contributed by atoms with E-state index in [9.17, 15) is 0 Å². The molecule has 0 unspecified atom stereocenters. The molecule has 0 bridgehead atoms. The number of hydrogen-bond acceptors (Lipinski definition) is 1. The number of pyridine rings is 1. The Labute approximate surface area is 203 Å². The Morgan fingerprint density at radius 1 is 0.606 bits per heavy atom. The molecule has 0 saturated heterocycles. The first-order valence-electron chi connectivity index (χ1n) is 14.3. The van der Waals surface area contributed by atoms with Gasteiger partial charge in [0.25, 0.3) is 0 Å². The van der Waals surface area contributed by atoms with Gasteiger partial charge in [0.15, 0.2) is 0 Å². The average Bonchev–Trinajstić information content (AvgIpc) is 2.88. The van der Waals surface area contributed by atoms with Crippen LogP contribution in [0.5, 0.6) is 0 Å². The first-order valence-corrected chi connectivity index (χ1v) is 14.3. The second kappa shape index (κ2) is 12.7. The summed E-state index contributed by atoms with van der Waals surface area (Å²) in [6.45, 7) is 4.63. The number of hydrogen-bond donors (Lipinski definition) is 0. The molecule has 180 valence electrons. The van der Waals surface area contributed by atoms with E-state index in [2.05, 4.69) is 56.4 Å². The normalized spacial score (nSPS) is 25.8. The van der Waals surface area contributed by atoms with Crippen molar-refractivity contribution in [3.63, 3.8) is 0 Å². The van der Waals surface area contributed by atoms with Crippen LogP contribution in [0.3, 0.4) is 0 Å². The Morgan fingerprint density at radius 3 is 1.79 bits per heavy atom. The fourth-order valence-corrected chi connectivity index (χ4v) is 6.58. The minimum atomic E-state index is 0.726. The summed E-state index contributed by atoms with van der Waals surface area (Å²) >= 11 is 0. The van der Waals surface area contributed by atoms with Gasteiger partial charge in [-0.3, -0.25) is 4.98 Å². The summed E-state index contributed by atoms with van der Waals surface area (Å²) in [5, 5.41) is 0. The van der Waals surface area contributed by atoms with Crippen molar-refractivity contribution >= 4 is 0 Å². The fraction of sp³-hybridized carbons (Fsp3) is 0.656. The zero-order valence-electron chi connectivity index (χ0n) is 21.4. The number of nitrogens with zero attached hydrogens (tertiary/aromatic N) is 1. The van der Waals surface area contributed by atoms with Gasteiger partial charge in [-0.1, -0.05) is 89.1 Å². The van der Waals surface area contributed by atoms with E-state index >= 15 is 0 Å². The molecule has 0 N–H and O–H groups in total. The molecule has 0 amide bonds. The molecule has 1 aromatic carbocycles. The van der Waals surface area contributed by atoms with Crippen molar-refractivity contribution in [3.8, 4) is 11.3 Å². The van der Waals surface area contributed by atoms with E-state index in [-0.39, 0.29) is 0 Å². The summed E-state index contributed by atoms with van der Waals surface area (Å²) in [5.74, 6) is 3.45. The number of unbranched alkanes of at least 4 members (excludes halogenated alkanes) is 3. The van der Waals surface area contributed by atoms with Gasteiger partial charge < -0.3 is 0 Å². The van der Waals surface area contributed by atoms with Crippen LogP contribution in [0.2, 0.25) is 0 Å². The Balaban J connectivity index is 1.26. The summed E-state index contributed by atoms with van der Waals surface area (Å²) in [7, 11) is 0. The van der Waals surface area contributed by atoms with E-state index in [1.165, 1.54) is 113 Å². The van der Waals surface area contributed by atoms with E-state index in [0.717, 1.165) is 29.4 Å². The van der Waals surface area contributed by atoms with Crippen molar-refractivity contribution in [2.45, 2.75) is 122 Å². The summed E-state index contributed by atoms with van der Waals surface area (Å²) < 4.78 is 0. The van der Waals surface area contributed by atoms with Crippen LogP contribution in [-0.4, -0.2) is 4.98 Å². The van der Waals surface area contributed by atoms with Crippen molar-refractivity contribution in [2.24, 2.45) is 11.8 Å². The molecule has 0 atom stereocenters. The van der Waals surface area contributed by atoms with Crippen LogP contribution in [0.1, 0.15) is 133 Å². The summed E-state index contributed by atoms with van der Waals surface area (Å²) in [4.78, 5) is 4.89. The molecule has 0 aliphatic heterocycles. The van der Waals surface area contributed by atoms with Gasteiger partial charge in [-0.05, 0) is 92.2 Å². The smallest absolute Gasteiger partial charge is 0.0702 e. The van der Waals surface area contributed by atoms with Crippen molar-refractivity contribution in [3.05, 3.63) is 53.7 Å². The molecule has 1 heteroatoms. The molecule has 1 heterocycles. The van der Waals surface area contributed by atoms with Gasteiger partial charge in [0.05, 0.1) is 5.69 Å². The highest BCUT2D eigenvalue weighted by Crippen LogP contribution is 2.39. The monoisotopic (exact) mass is 445 g/mol. The van der Waals surface area contributed by atoms with Crippen LogP contribution >= 0.6 is 0 Å². The average molecular weight is 446 g/mol. The Hall–Kier alpha value is -1.63. The second-order valence-electron chi connectivity index (χ2n) is 11.2. The molecule has 0 radical (unpaired) electrons. The van der Waals surface area contributed by atoms with E-state index in [1.807, 2.05) is 0 Å². The van der Waals surface area contributed by atoms with E-state index in [0.29, 0.717) is 0 Å². The molecular weight excluding hydrogens is 398 g/mol. The minimum Gasteiger partial charge on any atom is -0.256 e. The number of aromatic nitrogens is 1. The van der Waals surface area contributed by atoms with Crippen molar-refractivity contribution in [1.29, 1.82) is 0 Å². The lowest BCUT2D eigenvalue weighted by molar-refractivity contribution is 0.302. The van der Waals surface area contributed by atoms with Crippen LogP contribution in [0, 0.1) is 11.8 Å². The maximum Gasteiger partial charge on any atom is 0.0702 e. The molecule has 1 nitrogen and oxygen atoms in total. The van der Waals surface area contributed by atoms with Gasteiger partial charge in [0, 0.05) is 11.8 Å². The molecule has 33 heavy (non-hydrogen) atoms. The lowest BCUT2D eigenvalue weighted by Gasteiger charge is -2.29. The van der Waals surface area contributed by atoms with Crippen molar-refractivity contribution in [1.82, 2.24) is 4.98 Å². The quantitative estimate of drug-likeness (QED) is 0.331. The summed E-state index contributed by atoms with van der Waals surface area (Å²) in [6, 6.07) is 14.0. The third kappa shape index (κ3) is 6.93. The summed E-state index contributed by atoms with van der Waals surface area (Å²) in [6.07, 6.45) is 23.2. The molecule has 2 saturated carbocycles. The lowest BCUT2D eigenvalue weighted by atomic mass is 9.77. The van der Waals surface area contributed by atoms with Crippen LogP contribution < -0.4 is 0 Å². The third-order valence-corrected chi connectivity index (χ3v) is 8.79. The van der Waals surface area contributed by atoms with Crippen LogP contribution in [0.15, 0.2) is 42.6 Å². The maximum atomic E-state index is 4.89. The lowest BCUT2D eigenvalue weighted by Crippen LogP contribution is -2.13. The molecule has 1 aromatic heterocycles. The molecule has 4 rings (SSSR count). The van der Waals surface area contributed by atoms with E-state index < -0.39 is 0 Å². The van der Waals surface area contributed by atoms with E-state index in [4.69, 9.17) is 4.98 Å². The predicted octanol–water partition coefficient (Wildman–Crippen LogP) is 10.1. The molecule has 0 spiro atoms. The first kappa shape index (κ1) is 24.5. The zero-order valence-corrected chi connectivity index (χ0v) is 21.4. The molecular formula is C32H47N. The first-order chi connectivity index (χ1) is 16.3. The van der Waals surface area contributed by atoms with Gasteiger partial charge in [-0.25, -0.2) is 0 Å². The second-order valence-corrected chi connectivity index (χ2v) is 11.2. The molecule has 2 aromatic rings. The van der Waals surface area contributed by atoms with Crippen molar-refractivity contribution in [2.75, 3.05) is 0 Å². The van der Waals surface area contributed by atoms with Gasteiger partial charge in [-0.15, -0.1) is 0 Å². The molecule has 2 fully saturated rings. The predicted molar refractivity (Wildman–Crippen MR) is 143 cm³/mol. The van der Waals surface area contributed by atoms with Crippen LogP contribution in [0.25, 0.3) is 11.3 Å². The SMILES string of the molecule is CCCCCCC1CCC(c2ccc(-c3ccc(C4CCC(CCC)CC4)cc3)nc2)CC1. The summed E-state index contributed by atoms with van der Waals surface area (Å²) in [5.41, 5.74) is 5.39. The zero-order chi connectivity index (χ0) is 22.9. The molecule has 2 aliphatic carbocycles. The highest BCUT2D eigenvalue weighted by molar-refractivity contribution is 5.59. The Kier molecular flexibility index (Phi) is 9.45. The van der Waals surface area contributed by atoms with Crippen LogP contribution in [0.4, 0.5) is 0 Å². The molecule has 2 aliphatic rings. The standard InChI is InChI=1S/C32H47N/c1-3-5-6-7-9-26-12-16-29(17-13-26)31-22-23-32(33-24-31)30-20-18-28(19-21-30)27-14-10-25(8-4-2)11-15-27/h18-27,29H,3-17H2,1-2H3. The number of rotatable bonds is 10. The van der Waals surface area contributed by atoms with Gasteiger partial charge in [-0.2, -0.15) is 0 Å². The van der Waals surface area contributed by atoms with Gasteiger partial charge in [0.2, 0.25) is 0 Å². The van der Waals surface area contributed by atoms with Crippen molar-refractivity contribution < 1.29 is 0 Å². The van der Waals surface area contributed by atoms with Crippen LogP contribution in [-0.2, 0) is 0 Å². The maximum absolute atomic E-state index is 4.89. The number of benzene rings is 1. The third-order valence-electron chi connectivity index (χ3n) is 8.79. The highest BCUT2D eigenvalue weighted by atomic mass is 14.7. The Morgan fingerprint density at radius 2 is 1.21 bits per heavy atom. The topological polar surface area (TPSA) is 12.9 Å². The Bertz CT molecular complexity index is 789. The fourth-order valence-electron chi connectivity index (χ4n) is 6.58.